The molecule has 0 radical (unpaired) electrons. The van der Waals surface area contributed by atoms with E-state index in [1.54, 1.807) is 18.3 Å². The number of aromatic nitrogens is 1. The van der Waals surface area contributed by atoms with Gasteiger partial charge in [0.25, 0.3) is 0 Å². The fourth-order valence-corrected chi connectivity index (χ4v) is 1.59. The Morgan fingerprint density at radius 1 is 1.28 bits per heavy atom. The summed E-state index contributed by atoms with van der Waals surface area (Å²) in [5.74, 6) is 0.694. The monoisotopic (exact) mass is 238 g/mol. The largest absolute Gasteiger partial charge is 0.396 e. The molecule has 1 aromatic heterocycles. The van der Waals surface area contributed by atoms with Crippen molar-refractivity contribution in [1.29, 1.82) is 5.26 Å². The number of nitrogen functional groups attached to an aromatic ring is 1. The van der Waals surface area contributed by atoms with Crippen LogP contribution in [-0.4, -0.2) is 4.98 Å². The highest BCUT2D eigenvalue weighted by atomic mass is 15.0. The van der Waals surface area contributed by atoms with E-state index in [9.17, 15) is 0 Å². The lowest BCUT2D eigenvalue weighted by molar-refractivity contribution is 1.11. The Labute approximate surface area is 106 Å². The second kappa shape index (κ2) is 5.19. The lowest BCUT2D eigenvalue weighted by Gasteiger charge is -2.09. The molecule has 0 aliphatic heterocycles. The third-order valence-electron chi connectivity index (χ3n) is 2.75. The Bertz CT molecular complexity index is 582. The van der Waals surface area contributed by atoms with Crippen LogP contribution in [0.15, 0.2) is 36.5 Å². The summed E-state index contributed by atoms with van der Waals surface area (Å²) in [6.07, 6.45) is 1.73. The molecule has 0 fully saturated rings. The minimum atomic E-state index is 0.631. The van der Waals surface area contributed by atoms with Crippen molar-refractivity contribution < 1.29 is 0 Å². The van der Waals surface area contributed by atoms with Gasteiger partial charge in [-0.2, -0.15) is 5.26 Å². The van der Waals surface area contributed by atoms with Crippen LogP contribution in [-0.2, 0) is 6.54 Å². The van der Waals surface area contributed by atoms with Crippen molar-refractivity contribution in [3.63, 3.8) is 0 Å². The average molecular weight is 238 g/mol. The van der Waals surface area contributed by atoms with Gasteiger partial charge in [0.15, 0.2) is 0 Å². The average Bonchev–Trinajstić information content (AvgIpc) is 2.41. The van der Waals surface area contributed by atoms with Crippen molar-refractivity contribution in [2.24, 2.45) is 0 Å². The van der Waals surface area contributed by atoms with Crippen molar-refractivity contribution in [2.45, 2.75) is 13.5 Å². The van der Waals surface area contributed by atoms with Gasteiger partial charge in [0.1, 0.15) is 5.82 Å². The lowest BCUT2D eigenvalue weighted by Crippen LogP contribution is -2.05. The van der Waals surface area contributed by atoms with Crippen LogP contribution in [0.25, 0.3) is 0 Å². The number of hydrogen-bond donors (Lipinski definition) is 2. The van der Waals surface area contributed by atoms with E-state index in [0.29, 0.717) is 23.6 Å². The molecule has 1 aromatic carbocycles. The van der Waals surface area contributed by atoms with Gasteiger partial charge in [0.2, 0.25) is 0 Å². The maximum Gasteiger partial charge on any atom is 0.149 e. The molecule has 2 aromatic rings. The SMILES string of the molecule is Cc1ccnc(NCc2ccc(C#N)cc2)c1N. The van der Waals surface area contributed by atoms with Gasteiger partial charge in [-0.15, -0.1) is 0 Å². The molecule has 2 rings (SSSR count). The highest BCUT2D eigenvalue weighted by Crippen LogP contribution is 2.19. The normalized spacial score (nSPS) is 9.78. The quantitative estimate of drug-likeness (QED) is 0.861. The highest BCUT2D eigenvalue weighted by Gasteiger charge is 2.02. The molecular formula is C14H14N4. The van der Waals surface area contributed by atoms with Crippen LogP contribution in [0.2, 0.25) is 0 Å². The topological polar surface area (TPSA) is 74.7 Å². The van der Waals surface area contributed by atoms with E-state index in [1.165, 1.54) is 0 Å². The van der Waals surface area contributed by atoms with Crippen LogP contribution < -0.4 is 11.1 Å². The van der Waals surface area contributed by atoms with Crippen molar-refractivity contribution in [1.82, 2.24) is 4.98 Å². The van der Waals surface area contributed by atoms with E-state index in [2.05, 4.69) is 16.4 Å². The first kappa shape index (κ1) is 11.9. The smallest absolute Gasteiger partial charge is 0.149 e. The number of hydrogen-bond acceptors (Lipinski definition) is 4. The molecule has 1 heterocycles. The summed E-state index contributed by atoms with van der Waals surface area (Å²) >= 11 is 0. The maximum absolute atomic E-state index is 8.71. The van der Waals surface area contributed by atoms with Crippen LogP contribution in [0, 0.1) is 18.3 Å². The molecule has 0 unspecified atom stereocenters. The summed E-state index contributed by atoms with van der Waals surface area (Å²) < 4.78 is 0. The summed E-state index contributed by atoms with van der Waals surface area (Å²) in [5.41, 5.74) is 9.34. The second-order valence-corrected chi connectivity index (χ2v) is 4.05. The summed E-state index contributed by atoms with van der Waals surface area (Å²) in [4.78, 5) is 4.20. The molecule has 0 spiro atoms. The molecule has 4 nitrogen and oxygen atoms in total. The minimum Gasteiger partial charge on any atom is -0.396 e. The molecule has 0 aliphatic rings. The zero-order valence-electron chi connectivity index (χ0n) is 10.1. The van der Waals surface area contributed by atoms with Crippen LogP contribution in [0.3, 0.4) is 0 Å². The van der Waals surface area contributed by atoms with Gasteiger partial charge in [0.05, 0.1) is 17.3 Å². The highest BCUT2D eigenvalue weighted by molar-refractivity contribution is 5.64. The van der Waals surface area contributed by atoms with E-state index in [-0.39, 0.29) is 0 Å². The van der Waals surface area contributed by atoms with Gasteiger partial charge in [-0.1, -0.05) is 12.1 Å². The number of pyridine rings is 1. The molecular weight excluding hydrogens is 224 g/mol. The van der Waals surface area contributed by atoms with E-state index >= 15 is 0 Å². The van der Waals surface area contributed by atoms with Crippen molar-refractivity contribution in [3.05, 3.63) is 53.2 Å². The predicted molar refractivity (Wildman–Crippen MR) is 71.9 cm³/mol. The number of nitrogens with one attached hydrogen (secondary N) is 1. The molecule has 0 aliphatic carbocycles. The molecule has 18 heavy (non-hydrogen) atoms. The Balaban J connectivity index is 2.07. The van der Waals surface area contributed by atoms with Crippen molar-refractivity contribution in [2.75, 3.05) is 11.1 Å². The summed E-state index contributed by atoms with van der Waals surface area (Å²) in [6.45, 7) is 2.58. The zero-order valence-corrected chi connectivity index (χ0v) is 10.1. The molecule has 0 bridgehead atoms. The van der Waals surface area contributed by atoms with Gasteiger partial charge in [0, 0.05) is 12.7 Å². The van der Waals surface area contributed by atoms with Gasteiger partial charge in [-0.05, 0) is 36.2 Å². The number of nitrogens with two attached hydrogens (primary N) is 1. The minimum absolute atomic E-state index is 0.631. The first-order valence-electron chi connectivity index (χ1n) is 5.64. The fourth-order valence-electron chi connectivity index (χ4n) is 1.59. The molecule has 0 saturated carbocycles. The maximum atomic E-state index is 8.71. The third kappa shape index (κ3) is 2.58. The number of benzene rings is 1. The van der Waals surface area contributed by atoms with E-state index in [4.69, 9.17) is 11.0 Å². The molecule has 3 N–H and O–H groups in total. The van der Waals surface area contributed by atoms with E-state index in [0.717, 1.165) is 11.1 Å². The molecule has 4 heteroatoms. The first-order valence-corrected chi connectivity index (χ1v) is 5.64. The van der Waals surface area contributed by atoms with Crippen LogP contribution in [0.5, 0.6) is 0 Å². The fraction of sp³-hybridized carbons (Fsp3) is 0.143. The van der Waals surface area contributed by atoms with Crippen molar-refractivity contribution in [3.8, 4) is 6.07 Å². The zero-order chi connectivity index (χ0) is 13.0. The van der Waals surface area contributed by atoms with Gasteiger partial charge in [-0.3, -0.25) is 0 Å². The Morgan fingerprint density at radius 3 is 2.67 bits per heavy atom. The van der Waals surface area contributed by atoms with Gasteiger partial charge < -0.3 is 11.1 Å². The molecule has 0 amide bonds. The first-order chi connectivity index (χ1) is 8.70. The van der Waals surface area contributed by atoms with Crippen LogP contribution in [0.1, 0.15) is 16.7 Å². The summed E-state index contributed by atoms with van der Waals surface area (Å²) in [7, 11) is 0. The Hall–Kier alpha value is -2.54. The second-order valence-electron chi connectivity index (χ2n) is 4.05. The Kier molecular flexibility index (Phi) is 3.44. The predicted octanol–water partition coefficient (Wildman–Crippen LogP) is 2.46. The van der Waals surface area contributed by atoms with Gasteiger partial charge >= 0.3 is 0 Å². The van der Waals surface area contributed by atoms with Crippen LogP contribution in [0.4, 0.5) is 11.5 Å². The molecule has 0 atom stereocenters. The molecule has 0 saturated heterocycles. The Morgan fingerprint density at radius 2 is 2.00 bits per heavy atom. The number of aryl methyl sites for hydroxylation is 1. The van der Waals surface area contributed by atoms with E-state index < -0.39 is 0 Å². The number of nitriles is 1. The van der Waals surface area contributed by atoms with E-state index in [1.807, 2.05) is 25.1 Å². The number of rotatable bonds is 3. The molecule has 90 valence electrons. The lowest BCUT2D eigenvalue weighted by atomic mass is 10.1. The van der Waals surface area contributed by atoms with Crippen molar-refractivity contribution >= 4 is 11.5 Å². The van der Waals surface area contributed by atoms with Crippen LogP contribution >= 0.6 is 0 Å². The third-order valence-corrected chi connectivity index (χ3v) is 2.75. The summed E-state index contributed by atoms with van der Waals surface area (Å²) in [6, 6.07) is 11.4. The van der Waals surface area contributed by atoms with Gasteiger partial charge in [-0.25, -0.2) is 4.98 Å². The number of nitrogens with zero attached hydrogens (tertiary/aromatic N) is 2. The summed E-state index contributed by atoms with van der Waals surface area (Å²) in [5, 5.41) is 11.9. The number of anilines is 2. The standard InChI is InChI=1S/C14H14N4/c1-10-6-7-17-14(13(10)16)18-9-12-4-2-11(8-15)3-5-12/h2-7H,9,16H2,1H3,(H,17,18).